The van der Waals surface area contributed by atoms with E-state index in [9.17, 15) is 30.3 Å². The molecule has 1 heterocycles. The molecule has 12 nitrogen and oxygen atoms in total. The molecule has 1 aliphatic heterocycles. The van der Waals surface area contributed by atoms with Crippen LogP contribution >= 0.6 is 0 Å². The third-order valence-electron chi connectivity index (χ3n) is 4.31. The van der Waals surface area contributed by atoms with Gasteiger partial charge < -0.3 is 10.8 Å². The van der Waals surface area contributed by atoms with E-state index in [-0.39, 0.29) is 0 Å². The molecule has 12 heteroatoms. The number of nitrogens with two attached hydrogens (primary N) is 1. The van der Waals surface area contributed by atoms with Gasteiger partial charge in [-0.2, -0.15) is 0 Å². The highest BCUT2D eigenvalue weighted by atomic mass is 16.6. The lowest BCUT2D eigenvalue weighted by Gasteiger charge is -2.15. The number of nitrogens with zero attached hydrogens (tertiary/aromatic N) is 4. The Morgan fingerprint density at radius 2 is 1.45 bits per heavy atom. The number of nitro benzene ring substituents is 3. The minimum Gasteiger partial charge on any atom is -0.497 e. The number of anilines is 1. The second-order valence-electron chi connectivity index (χ2n) is 6.29. The molecular formula is C17H19N5O7. The molecule has 1 saturated heterocycles. The minimum absolute atomic E-state index is 0.447. The highest BCUT2D eigenvalue weighted by molar-refractivity contribution is 5.64. The molecule has 0 spiro atoms. The monoisotopic (exact) mass is 405 g/mol. The fourth-order valence-electron chi connectivity index (χ4n) is 2.83. The zero-order chi connectivity index (χ0) is 21.6. The van der Waals surface area contributed by atoms with E-state index in [0.717, 1.165) is 12.2 Å². The van der Waals surface area contributed by atoms with Crippen molar-refractivity contribution >= 4 is 22.7 Å². The number of non-ortho nitro benzene ring substituents is 1. The van der Waals surface area contributed by atoms with Crippen LogP contribution in [-0.2, 0) is 6.54 Å². The van der Waals surface area contributed by atoms with Gasteiger partial charge in [0.1, 0.15) is 0 Å². The molecule has 0 bridgehead atoms. The molecule has 0 amide bonds. The fourth-order valence-corrected chi connectivity index (χ4v) is 2.83. The summed E-state index contributed by atoms with van der Waals surface area (Å²) in [6, 6.07) is 9.04. The number of phenolic OH excluding ortho intramolecular Hbond substituents is 1. The Bertz CT molecular complexity index is 893. The largest absolute Gasteiger partial charge is 0.497 e. The van der Waals surface area contributed by atoms with Crippen molar-refractivity contribution in [3.63, 3.8) is 0 Å². The van der Waals surface area contributed by atoms with Crippen LogP contribution in [0.15, 0.2) is 36.4 Å². The van der Waals surface area contributed by atoms with Gasteiger partial charge >= 0.3 is 11.4 Å². The van der Waals surface area contributed by atoms with Crippen LogP contribution in [0.25, 0.3) is 0 Å². The number of hydrogen-bond acceptors (Lipinski definition) is 9. The van der Waals surface area contributed by atoms with Crippen LogP contribution in [-0.4, -0.2) is 37.9 Å². The van der Waals surface area contributed by atoms with Crippen LogP contribution in [0.4, 0.5) is 22.7 Å². The van der Waals surface area contributed by atoms with Gasteiger partial charge in [-0.15, -0.1) is 0 Å². The Labute approximate surface area is 164 Å². The van der Waals surface area contributed by atoms with E-state index >= 15 is 0 Å². The summed E-state index contributed by atoms with van der Waals surface area (Å²) in [5.74, 6) is -1.21. The minimum atomic E-state index is -1.21. The van der Waals surface area contributed by atoms with E-state index in [1.165, 1.54) is 31.5 Å². The summed E-state index contributed by atoms with van der Waals surface area (Å²) in [5.41, 5.74) is 5.06. The first-order valence-electron chi connectivity index (χ1n) is 8.56. The molecule has 0 aromatic heterocycles. The maximum atomic E-state index is 10.4. The number of benzene rings is 2. The molecule has 1 fully saturated rings. The highest BCUT2D eigenvalue weighted by Crippen LogP contribution is 2.38. The van der Waals surface area contributed by atoms with Crippen LogP contribution in [0.2, 0.25) is 0 Å². The third kappa shape index (κ3) is 5.59. The molecule has 0 radical (unpaired) electrons. The highest BCUT2D eigenvalue weighted by Gasteiger charge is 2.30. The van der Waals surface area contributed by atoms with Crippen LogP contribution in [0, 0.1) is 30.3 Å². The molecule has 154 valence electrons. The quantitative estimate of drug-likeness (QED) is 0.429. The lowest BCUT2D eigenvalue weighted by molar-refractivity contribution is -0.404. The van der Waals surface area contributed by atoms with Gasteiger partial charge in [0.15, 0.2) is 0 Å². The lowest BCUT2D eigenvalue weighted by atomic mass is 10.2. The van der Waals surface area contributed by atoms with Gasteiger partial charge in [-0.3, -0.25) is 35.2 Å². The number of rotatable bonds is 5. The van der Waals surface area contributed by atoms with Gasteiger partial charge in [-0.1, -0.05) is 18.2 Å². The first kappa shape index (κ1) is 21.5. The van der Waals surface area contributed by atoms with Crippen LogP contribution in [0.5, 0.6) is 5.75 Å². The standard InChI is InChI=1S/C11H16N2.C6H3N3O7/c12-11-6-2-1-5-10(11)9-13-7-3-4-8-13;10-6-4(8(13)14)1-3(7(11)12)2-5(6)9(15)16/h1-2,5-6H,3-4,7-9,12H2;1-2,10H. The maximum Gasteiger partial charge on any atom is 0.324 e. The predicted octanol–water partition coefficient (Wildman–Crippen LogP) is 2.98. The summed E-state index contributed by atoms with van der Waals surface area (Å²) in [6.45, 7) is 3.48. The summed E-state index contributed by atoms with van der Waals surface area (Å²) >= 11 is 0. The second kappa shape index (κ2) is 9.41. The first-order chi connectivity index (χ1) is 13.7. The summed E-state index contributed by atoms with van der Waals surface area (Å²) < 4.78 is 0. The normalized spacial score (nSPS) is 13.4. The van der Waals surface area contributed by atoms with E-state index in [4.69, 9.17) is 10.8 Å². The summed E-state index contributed by atoms with van der Waals surface area (Å²) in [5, 5.41) is 40.2. The van der Waals surface area contributed by atoms with E-state index in [2.05, 4.69) is 17.0 Å². The molecular weight excluding hydrogens is 386 g/mol. The van der Waals surface area contributed by atoms with E-state index in [1.54, 1.807) is 0 Å². The Balaban J connectivity index is 0.000000211. The number of nitro groups is 3. The topological polar surface area (TPSA) is 179 Å². The van der Waals surface area contributed by atoms with Crippen molar-refractivity contribution in [2.75, 3.05) is 18.8 Å². The average molecular weight is 405 g/mol. The number of nitrogen functional groups attached to an aromatic ring is 1. The van der Waals surface area contributed by atoms with Crippen molar-refractivity contribution in [1.82, 2.24) is 4.90 Å². The van der Waals surface area contributed by atoms with Gasteiger partial charge in [-0.25, -0.2) is 0 Å². The van der Waals surface area contributed by atoms with Gasteiger partial charge in [0.05, 0.1) is 26.9 Å². The van der Waals surface area contributed by atoms with Crippen LogP contribution in [0.1, 0.15) is 18.4 Å². The Kier molecular flexibility index (Phi) is 6.98. The third-order valence-corrected chi connectivity index (χ3v) is 4.31. The van der Waals surface area contributed by atoms with Gasteiger partial charge in [0.2, 0.25) is 0 Å². The van der Waals surface area contributed by atoms with Crippen LogP contribution < -0.4 is 5.73 Å². The van der Waals surface area contributed by atoms with Crippen molar-refractivity contribution in [3.8, 4) is 5.75 Å². The van der Waals surface area contributed by atoms with Crippen molar-refractivity contribution in [2.24, 2.45) is 0 Å². The van der Waals surface area contributed by atoms with Crippen molar-refractivity contribution in [1.29, 1.82) is 0 Å². The summed E-state index contributed by atoms with van der Waals surface area (Å²) in [7, 11) is 0. The SMILES string of the molecule is Nc1ccccc1CN1CCCC1.O=[N+]([O-])c1cc([N+](=O)[O-])c(O)c([N+](=O)[O-])c1. The zero-order valence-corrected chi connectivity index (χ0v) is 15.3. The molecule has 2 aromatic carbocycles. The summed E-state index contributed by atoms with van der Waals surface area (Å²) in [6.07, 6.45) is 2.68. The molecule has 0 aliphatic carbocycles. The number of likely N-dealkylation sites (tertiary alicyclic amines) is 1. The molecule has 0 unspecified atom stereocenters. The molecule has 2 aromatic rings. The predicted molar refractivity (Wildman–Crippen MR) is 103 cm³/mol. The van der Waals surface area contributed by atoms with Gasteiger partial charge in [-0.05, 0) is 37.6 Å². The van der Waals surface area contributed by atoms with Gasteiger partial charge in [0.25, 0.3) is 11.4 Å². The molecule has 3 rings (SSSR count). The average Bonchev–Trinajstić information content (AvgIpc) is 3.17. The van der Waals surface area contributed by atoms with Crippen LogP contribution in [0.3, 0.4) is 0 Å². The van der Waals surface area contributed by atoms with Crippen molar-refractivity contribution in [2.45, 2.75) is 19.4 Å². The van der Waals surface area contributed by atoms with E-state index in [0.29, 0.717) is 12.1 Å². The zero-order valence-electron chi connectivity index (χ0n) is 15.3. The molecule has 3 N–H and O–H groups in total. The fraction of sp³-hybridized carbons (Fsp3) is 0.294. The van der Waals surface area contributed by atoms with Gasteiger partial charge in [0, 0.05) is 12.2 Å². The summed E-state index contributed by atoms with van der Waals surface area (Å²) in [4.78, 5) is 30.2. The van der Waals surface area contributed by atoms with Crippen molar-refractivity contribution < 1.29 is 19.9 Å². The van der Waals surface area contributed by atoms with E-state index < -0.39 is 37.6 Å². The number of aromatic hydroxyl groups is 1. The van der Waals surface area contributed by atoms with Crippen molar-refractivity contribution in [3.05, 3.63) is 72.3 Å². The Morgan fingerprint density at radius 1 is 0.931 bits per heavy atom. The van der Waals surface area contributed by atoms with E-state index in [1.807, 2.05) is 12.1 Å². The maximum absolute atomic E-state index is 10.4. The number of para-hydroxylation sites is 1. The Hall–Kier alpha value is -3.80. The smallest absolute Gasteiger partial charge is 0.324 e. The Morgan fingerprint density at radius 3 is 1.90 bits per heavy atom. The second-order valence-corrected chi connectivity index (χ2v) is 6.29. The number of phenols is 1. The molecule has 29 heavy (non-hydrogen) atoms. The molecule has 0 saturated carbocycles. The molecule has 0 atom stereocenters. The molecule has 1 aliphatic rings. The number of hydrogen-bond donors (Lipinski definition) is 2. The lowest BCUT2D eigenvalue weighted by Crippen LogP contribution is -2.19. The first-order valence-corrected chi connectivity index (χ1v) is 8.56.